The highest BCUT2D eigenvalue weighted by atomic mass is 32.2. The van der Waals surface area contributed by atoms with Crippen LogP contribution in [0.2, 0.25) is 0 Å². The first kappa shape index (κ1) is 20.6. The molecule has 0 bridgehead atoms. The van der Waals surface area contributed by atoms with Crippen molar-refractivity contribution in [3.8, 4) is 0 Å². The molecular weight excluding hydrogens is 388 g/mol. The first-order valence-electron chi connectivity index (χ1n) is 9.16. The Labute approximate surface area is 170 Å². The van der Waals surface area contributed by atoms with Crippen LogP contribution < -0.4 is 9.62 Å². The average Bonchev–Trinajstić information content (AvgIpc) is 3.26. The smallest absolute Gasteiger partial charge is 0.250 e. The first-order valence-corrected chi connectivity index (χ1v) is 10.6. The van der Waals surface area contributed by atoms with Crippen LogP contribution in [0.5, 0.6) is 0 Å². The Morgan fingerprint density at radius 1 is 1.03 bits per heavy atom. The molecule has 1 N–H and O–H groups in total. The fraction of sp³-hybridized carbons (Fsp3) is 0.136. The van der Waals surface area contributed by atoms with Crippen molar-refractivity contribution in [1.82, 2.24) is 4.72 Å². The van der Waals surface area contributed by atoms with Gasteiger partial charge in [-0.2, -0.15) is 0 Å². The van der Waals surface area contributed by atoms with Gasteiger partial charge in [0.25, 0.3) is 5.91 Å². The molecule has 0 aliphatic heterocycles. The summed E-state index contributed by atoms with van der Waals surface area (Å²) in [7, 11) is -3.65. The number of sulfonamides is 1. The SMILES string of the molecule is CCN(C(=O)/C=C/c1ccc(S(=O)(=O)NCc2ccco2)cc1)c1ccccc1. The van der Waals surface area contributed by atoms with Crippen LogP contribution in [-0.2, 0) is 21.4 Å². The molecule has 3 aromatic rings. The second-order valence-electron chi connectivity index (χ2n) is 6.22. The minimum atomic E-state index is -3.65. The Hall–Kier alpha value is -3.16. The molecule has 1 aromatic heterocycles. The Balaban J connectivity index is 1.65. The number of carbonyl (C=O) groups excluding carboxylic acids is 1. The summed E-state index contributed by atoms with van der Waals surface area (Å²) < 4.78 is 32.3. The maximum Gasteiger partial charge on any atom is 0.250 e. The van der Waals surface area contributed by atoms with E-state index >= 15 is 0 Å². The number of carbonyl (C=O) groups is 1. The minimum absolute atomic E-state index is 0.0812. The number of furan rings is 1. The third kappa shape index (κ3) is 5.43. The lowest BCUT2D eigenvalue weighted by molar-refractivity contribution is -0.114. The molecule has 0 spiro atoms. The number of para-hydroxylation sites is 1. The summed E-state index contributed by atoms with van der Waals surface area (Å²) in [4.78, 5) is 14.3. The van der Waals surface area contributed by atoms with Crippen LogP contribution in [-0.4, -0.2) is 20.9 Å². The number of benzene rings is 2. The van der Waals surface area contributed by atoms with Crippen molar-refractivity contribution < 1.29 is 17.6 Å². The summed E-state index contributed by atoms with van der Waals surface area (Å²) in [6.07, 6.45) is 4.64. The van der Waals surface area contributed by atoms with Crippen LogP contribution in [0.15, 0.2) is 88.4 Å². The molecule has 7 heteroatoms. The number of anilines is 1. The van der Waals surface area contributed by atoms with E-state index in [4.69, 9.17) is 4.42 Å². The number of nitrogens with one attached hydrogen (secondary N) is 1. The number of likely N-dealkylation sites (N-methyl/N-ethyl adjacent to an activating group) is 1. The second kappa shape index (κ2) is 9.36. The first-order chi connectivity index (χ1) is 14.0. The van der Waals surface area contributed by atoms with Crippen molar-refractivity contribution in [2.45, 2.75) is 18.4 Å². The zero-order valence-corrected chi connectivity index (χ0v) is 16.8. The van der Waals surface area contributed by atoms with Crippen LogP contribution in [0.25, 0.3) is 6.08 Å². The molecule has 0 radical (unpaired) electrons. The third-order valence-corrected chi connectivity index (χ3v) is 5.69. The summed E-state index contributed by atoms with van der Waals surface area (Å²) in [5.41, 5.74) is 1.56. The van der Waals surface area contributed by atoms with E-state index in [0.717, 1.165) is 11.3 Å². The highest BCUT2D eigenvalue weighted by Crippen LogP contribution is 2.15. The van der Waals surface area contributed by atoms with Crippen molar-refractivity contribution in [2.75, 3.05) is 11.4 Å². The summed E-state index contributed by atoms with van der Waals surface area (Å²) in [6.45, 7) is 2.54. The molecule has 6 nitrogen and oxygen atoms in total. The number of rotatable bonds is 8. The lowest BCUT2D eigenvalue weighted by Crippen LogP contribution is -2.28. The van der Waals surface area contributed by atoms with Gasteiger partial charge in [0.2, 0.25) is 10.0 Å². The highest BCUT2D eigenvalue weighted by molar-refractivity contribution is 7.89. The molecule has 0 aliphatic carbocycles. The van der Waals surface area contributed by atoms with Crippen molar-refractivity contribution in [1.29, 1.82) is 0 Å². The molecule has 0 fully saturated rings. The van der Waals surface area contributed by atoms with Crippen molar-refractivity contribution >= 4 is 27.7 Å². The molecule has 0 unspecified atom stereocenters. The van der Waals surface area contributed by atoms with Crippen molar-refractivity contribution in [3.63, 3.8) is 0 Å². The summed E-state index contributed by atoms with van der Waals surface area (Å²) >= 11 is 0. The molecule has 2 aromatic carbocycles. The topological polar surface area (TPSA) is 79.6 Å². The largest absolute Gasteiger partial charge is 0.468 e. The van der Waals surface area contributed by atoms with Gasteiger partial charge < -0.3 is 9.32 Å². The molecule has 0 saturated carbocycles. The monoisotopic (exact) mass is 410 g/mol. The van der Waals surface area contributed by atoms with E-state index in [1.807, 2.05) is 37.3 Å². The van der Waals surface area contributed by atoms with Crippen molar-refractivity contribution in [2.24, 2.45) is 0 Å². The van der Waals surface area contributed by atoms with Gasteiger partial charge in [-0.3, -0.25) is 4.79 Å². The van der Waals surface area contributed by atoms with Crippen LogP contribution >= 0.6 is 0 Å². The summed E-state index contributed by atoms with van der Waals surface area (Å²) in [6, 6.07) is 19.1. The van der Waals surface area contributed by atoms with E-state index in [1.54, 1.807) is 35.2 Å². The maximum atomic E-state index is 12.5. The molecule has 1 heterocycles. The van der Waals surface area contributed by atoms with Gasteiger partial charge in [0.15, 0.2) is 0 Å². The van der Waals surface area contributed by atoms with Crippen LogP contribution in [0, 0.1) is 0 Å². The van der Waals surface area contributed by atoms with E-state index in [-0.39, 0.29) is 17.3 Å². The summed E-state index contributed by atoms with van der Waals surface area (Å²) in [5.74, 6) is 0.390. The Morgan fingerprint density at radius 3 is 2.38 bits per heavy atom. The lowest BCUT2D eigenvalue weighted by atomic mass is 10.2. The van der Waals surface area contributed by atoms with Gasteiger partial charge in [0, 0.05) is 18.3 Å². The second-order valence-corrected chi connectivity index (χ2v) is 7.99. The zero-order valence-electron chi connectivity index (χ0n) is 16.0. The molecule has 0 aliphatic rings. The van der Waals surface area contributed by atoms with Gasteiger partial charge >= 0.3 is 0 Å². The van der Waals surface area contributed by atoms with E-state index in [9.17, 15) is 13.2 Å². The molecular formula is C22H22N2O4S. The molecule has 1 amide bonds. The van der Waals surface area contributed by atoms with E-state index in [1.165, 1.54) is 24.5 Å². The molecule has 0 atom stereocenters. The van der Waals surface area contributed by atoms with E-state index in [2.05, 4.69) is 4.72 Å². The van der Waals surface area contributed by atoms with Gasteiger partial charge in [0.1, 0.15) is 5.76 Å². The molecule has 3 rings (SSSR count). The zero-order chi connectivity index (χ0) is 20.7. The van der Waals surface area contributed by atoms with Gasteiger partial charge in [0.05, 0.1) is 17.7 Å². The number of hydrogen-bond donors (Lipinski definition) is 1. The predicted molar refractivity (Wildman–Crippen MR) is 113 cm³/mol. The average molecular weight is 410 g/mol. The molecule has 0 saturated heterocycles. The number of hydrogen-bond acceptors (Lipinski definition) is 4. The quantitative estimate of drug-likeness (QED) is 0.573. The maximum absolute atomic E-state index is 12.5. The molecule has 29 heavy (non-hydrogen) atoms. The van der Waals surface area contributed by atoms with Crippen LogP contribution in [0.3, 0.4) is 0 Å². The fourth-order valence-electron chi connectivity index (χ4n) is 2.75. The van der Waals surface area contributed by atoms with Crippen LogP contribution in [0.4, 0.5) is 5.69 Å². The highest BCUT2D eigenvalue weighted by Gasteiger charge is 2.14. The van der Waals surface area contributed by atoms with Gasteiger partial charge in [-0.05, 0) is 55.0 Å². The predicted octanol–water partition coefficient (Wildman–Crippen LogP) is 3.82. The standard InChI is InChI=1S/C22H22N2O4S/c1-2-24(19-7-4-3-5-8-19)22(25)15-12-18-10-13-21(14-11-18)29(26,27)23-17-20-9-6-16-28-20/h3-16,23H,2,17H2,1H3/b15-12+. The minimum Gasteiger partial charge on any atom is -0.468 e. The lowest BCUT2D eigenvalue weighted by Gasteiger charge is -2.19. The summed E-state index contributed by atoms with van der Waals surface area (Å²) in [5, 5.41) is 0. The Kier molecular flexibility index (Phi) is 6.64. The van der Waals surface area contributed by atoms with Gasteiger partial charge in [-0.1, -0.05) is 30.3 Å². The van der Waals surface area contributed by atoms with Crippen molar-refractivity contribution in [3.05, 3.63) is 90.4 Å². The van der Waals surface area contributed by atoms with Gasteiger partial charge in [-0.25, -0.2) is 13.1 Å². The van der Waals surface area contributed by atoms with Gasteiger partial charge in [-0.15, -0.1) is 0 Å². The molecule has 150 valence electrons. The number of nitrogens with zero attached hydrogens (tertiary/aromatic N) is 1. The Morgan fingerprint density at radius 2 is 1.76 bits per heavy atom. The fourth-order valence-corrected chi connectivity index (χ4v) is 3.75. The van der Waals surface area contributed by atoms with E-state index in [0.29, 0.717) is 12.3 Å². The van der Waals surface area contributed by atoms with Crippen LogP contribution in [0.1, 0.15) is 18.2 Å². The third-order valence-electron chi connectivity index (χ3n) is 4.28. The Bertz CT molecular complexity index is 1060. The normalized spacial score (nSPS) is 11.6. The number of amides is 1. The van der Waals surface area contributed by atoms with E-state index < -0.39 is 10.0 Å².